The molecule has 0 aliphatic heterocycles. The number of aromatic nitrogens is 2. The molecule has 1 aliphatic carbocycles. The summed E-state index contributed by atoms with van der Waals surface area (Å²) in [4.78, 5) is 34.2. The molecule has 0 saturated heterocycles. The minimum atomic E-state index is -0.817. The summed E-state index contributed by atoms with van der Waals surface area (Å²) in [5.41, 5.74) is 2.15. The molecule has 0 bridgehead atoms. The smallest absolute Gasteiger partial charge is 0.263 e. The highest BCUT2D eigenvalue weighted by Crippen LogP contribution is 2.35. The van der Waals surface area contributed by atoms with Crippen molar-refractivity contribution in [1.82, 2.24) is 9.55 Å². The summed E-state index contributed by atoms with van der Waals surface area (Å²) in [6.45, 7) is 1.71. The number of carbonyl (C=O) groups is 1. The first kappa shape index (κ1) is 22.6. The Morgan fingerprint density at radius 1 is 1.18 bits per heavy atom. The Balaban J connectivity index is 1.65. The average molecular weight is 494 g/mol. The van der Waals surface area contributed by atoms with Crippen molar-refractivity contribution in [3.63, 3.8) is 0 Å². The largest absolute Gasteiger partial charge is 0.495 e. The second-order valence-electron chi connectivity index (χ2n) is 8.38. The van der Waals surface area contributed by atoms with Gasteiger partial charge in [0.25, 0.3) is 5.56 Å². The zero-order valence-electron chi connectivity index (χ0n) is 18.9. The number of rotatable bonds is 5. The molecule has 0 saturated carbocycles. The lowest BCUT2D eigenvalue weighted by Crippen LogP contribution is -2.33. The number of halogens is 1. The van der Waals surface area contributed by atoms with E-state index in [1.807, 2.05) is 30.3 Å². The van der Waals surface area contributed by atoms with Gasteiger partial charge in [0.1, 0.15) is 22.4 Å². The topological polar surface area (TPSA) is 73.2 Å². The maximum Gasteiger partial charge on any atom is 0.263 e. The first-order valence-electron chi connectivity index (χ1n) is 11.2. The Morgan fingerprint density at radius 2 is 1.94 bits per heavy atom. The van der Waals surface area contributed by atoms with Crippen LogP contribution in [0.3, 0.4) is 0 Å². The predicted molar refractivity (Wildman–Crippen MR) is 137 cm³/mol. The highest BCUT2D eigenvalue weighted by atomic mass is 35.5. The molecule has 0 radical (unpaired) electrons. The number of nitrogens with one attached hydrogen (secondary N) is 1. The third kappa shape index (κ3) is 3.99. The number of carbonyl (C=O) groups excluding carboxylic acids is 1. The van der Waals surface area contributed by atoms with E-state index in [1.54, 1.807) is 36.5 Å². The maximum atomic E-state index is 13.9. The van der Waals surface area contributed by atoms with Gasteiger partial charge >= 0.3 is 0 Å². The lowest BCUT2D eigenvalue weighted by atomic mass is 9.97. The van der Waals surface area contributed by atoms with Gasteiger partial charge in [0.2, 0.25) is 5.91 Å². The quantitative estimate of drug-likeness (QED) is 0.377. The second kappa shape index (κ2) is 9.24. The molecule has 2 heterocycles. The molecule has 1 atom stereocenters. The van der Waals surface area contributed by atoms with Crippen molar-refractivity contribution in [2.24, 2.45) is 0 Å². The van der Waals surface area contributed by atoms with E-state index >= 15 is 0 Å². The van der Waals surface area contributed by atoms with Crippen molar-refractivity contribution in [2.75, 3.05) is 12.4 Å². The van der Waals surface area contributed by atoms with Gasteiger partial charge in [0.15, 0.2) is 0 Å². The highest BCUT2D eigenvalue weighted by molar-refractivity contribution is 7.18. The molecular weight excluding hydrogens is 470 g/mol. The first-order valence-corrected chi connectivity index (χ1v) is 12.4. The van der Waals surface area contributed by atoms with Crippen molar-refractivity contribution >= 4 is 44.7 Å². The van der Waals surface area contributed by atoms with Crippen LogP contribution in [0.25, 0.3) is 21.6 Å². The van der Waals surface area contributed by atoms with Crippen LogP contribution in [-0.4, -0.2) is 22.6 Å². The van der Waals surface area contributed by atoms with Crippen molar-refractivity contribution in [1.29, 1.82) is 0 Å². The summed E-state index contributed by atoms with van der Waals surface area (Å²) < 4.78 is 6.88. The van der Waals surface area contributed by atoms with Gasteiger partial charge in [-0.05, 0) is 56.4 Å². The number of hydrogen-bond acceptors (Lipinski definition) is 5. The molecule has 34 heavy (non-hydrogen) atoms. The maximum absolute atomic E-state index is 13.9. The minimum absolute atomic E-state index is 0.177. The van der Waals surface area contributed by atoms with Crippen LogP contribution >= 0.6 is 22.9 Å². The summed E-state index contributed by atoms with van der Waals surface area (Å²) in [7, 11) is 1.53. The summed E-state index contributed by atoms with van der Waals surface area (Å²) in [5.74, 6) is 0.614. The van der Waals surface area contributed by atoms with E-state index in [4.69, 9.17) is 21.3 Å². The van der Waals surface area contributed by atoms with E-state index in [1.165, 1.54) is 16.6 Å². The van der Waals surface area contributed by atoms with Gasteiger partial charge in [-0.3, -0.25) is 14.2 Å². The number of hydrogen-bond donors (Lipinski definition) is 1. The van der Waals surface area contributed by atoms with Crippen molar-refractivity contribution < 1.29 is 9.53 Å². The third-order valence-electron chi connectivity index (χ3n) is 6.24. The Bertz CT molecular complexity index is 1450. The predicted octanol–water partition coefficient (Wildman–Crippen LogP) is 5.87. The molecule has 174 valence electrons. The van der Waals surface area contributed by atoms with Gasteiger partial charge in [-0.1, -0.05) is 41.9 Å². The number of amides is 1. The summed E-state index contributed by atoms with van der Waals surface area (Å²) in [5, 5.41) is 4.00. The molecule has 1 amide bonds. The number of anilines is 1. The molecule has 1 N–H and O–H groups in total. The lowest BCUT2D eigenvalue weighted by molar-refractivity contribution is -0.118. The van der Waals surface area contributed by atoms with Crippen molar-refractivity contribution in [2.45, 2.75) is 38.6 Å². The van der Waals surface area contributed by atoms with Gasteiger partial charge in [-0.2, -0.15) is 0 Å². The SMILES string of the molecule is COc1ccc(Cl)cc1NC(=O)C(C)n1c(-c2ccccc2)nc2sc3c(c2c1=O)CCCC3. The van der Waals surface area contributed by atoms with Crippen LogP contribution in [0.4, 0.5) is 5.69 Å². The highest BCUT2D eigenvalue weighted by Gasteiger charge is 2.27. The van der Waals surface area contributed by atoms with Crippen molar-refractivity contribution in [3.05, 3.63) is 74.3 Å². The molecule has 2 aromatic carbocycles. The van der Waals surface area contributed by atoms with E-state index in [0.717, 1.165) is 41.6 Å². The molecule has 2 aromatic heterocycles. The summed E-state index contributed by atoms with van der Waals surface area (Å²) in [6.07, 6.45) is 4.03. The van der Waals surface area contributed by atoms with Crippen LogP contribution in [0.2, 0.25) is 5.02 Å². The monoisotopic (exact) mass is 493 g/mol. The normalized spacial score (nSPS) is 14.0. The number of ether oxygens (including phenoxy) is 1. The van der Waals surface area contributed by atoms with Crippen LogP contribution in [0.15, 0.2) is 53.3 Å². The van der Waals surface area contributed by atoms with E-state index in [0.29, 0.717) is 27.7 Å². The fourth-order valence-electron chi connectivity index (χ4n) is 4.50. The standard InChI is InChI=1S/C26H24ClN3O3S/c1-15(24(31)28-19-14-17(27)12-13-20(19)33-2)30-23(16-8-4-3-5-9-16)29-25-22(26(30)32)18-10-6-7-11-21(18)34-25/h3-5,8-9,12-15H,6-7,10-11H2,1-2H3,(H,28,31). The molecule has 4 aromatic rings. The lowest BCUT2D eigenvalue weighted by Gasteiger charge is -2.20. The zero-order valence-corrected chi connectivity index (χ0v) is 20.5. The molecule has 5 rings (SSSR count). The Hall–Kier alpha value is -3.16. The fraction of sp³-hybridized carbons (Fsp3) is 0.269. The van der Waals surface area contributed by atoms with E-state index < -0.39 is 6.04 Å². The molecule has 0 fully saturated rings. The van der Waals surface area contributed by atoms with Crippen molar-refractivity contribution in [3.8, 4) is 17.1 Å². The number of benzene rings is 2. The van der Waals surface area contributed by atoms with Crippen LogP contribution in [-0.2, 0) is 17.6 Å². The Morgan fingerprint density at radius 3 is 2.71 bits per heavy atom. The summed E-state index contributed by atoms with van der Waals surface area (Å²) in [6, 6.07) is 13.7. The van der Waals surface area contributed by atoms with Crippen LogP contribution in [0.1, 0.15) is 36.2 Å². The van der Waals surface area contributed by atoms with Crippen LogP contribution in [0.5, 0.6) is 5.75 Å². The zero-order chi connectivity index (χ0) is 23.8. The van der Waals surface area contributed by atoms with E-state index in [9.17, 15) is 9.59 Å². The number of fused-ring (bicyclic) bond motifs is 3. The van der Waals surface area contributed by atoms with E-state index in [2.05, 4.69) is 5.32 Å². The fourth-order valence-corrected chi connectivity index (χ4v) is 5.92. The van der Waals surface area contributed by atoms with Gasteiger partial charge in [0, 0.05) is 15.5 Å². The molecule has 1 unspecified atom stereocenters. The van der Waals surface area contributed by atoms with Crippen LogP contribution in [0, 0.1) is 0 Å². The average Bonchev–Trinajstić information content (AvgIpc) is 3.23. The van der Waals surface area contributed by atoms with Gasteiger partial charge in [0.05, 0.1) is 18.2 Å². The summed E-state index contributed by atoms with van der Waals surface area (Å²) >= 11 is 7.74. The minimum Gasteiger partial charge on any atom is -0.495 e. The number of aryl methyl sites for hydroxylation is 2. The number of thiophene rings is 1. The van der Waals surface area contributed by atoms with Gasteiger partial charge in [-0.25, -0.2) is 4.98 Å². The molecular formula is C26H24ClN3O3S. The first-order chi connectivity index (χ1) is 16.5. The van der Waals surface area contributed by atoms with E-state index in [-0.39, 0.29) is 11.5 Å². The Kier molecular flexibility index (Phi) is 6.15. The molecule has 6 nitrogen and oxygen atoms in total. The second-order valence-corrected chi connectivity index (χ2v) is 9.90. The van der Waals surface area contributed by atoms with Crippen LogP contribution < -0.4 is 15.6 Å². The number of nitrogens with zero attached hydrogens (tertiary/aromatic N) is 2. The third-order valence-corrected chi connectivity index (χ3v) is 7.66. The number of methoxy groups -OCH3 is 1. The van der Waals surface area contributed by atoms with Gasteiger partial charge < -0.3 is 10.1 Å². The molecule has 8 heteroatoms. The Labute approximate surface area is 206 Å². The molecule has 0 spiro atoms. The molecule has 1 aliphatic rings. The van der Waals surface area contributed by atoms with Gasteiger partial charge in [-0.15, -0.1) is 11.3 Å².